The van der Waals surface area contributed by atoms with Gasteiger partial charge in [0.25, 0.3) is 5.91 Å². The molecule has 0 radical (unpaired) electrons. The number of benzene rings is 1. The number of carbonyl (C=O) groups is 2. The molecule has 0 saturated carbocycles. The lowest BCUT2D eigenvalue weighted by Crippen LogP contribution is -2.36. The molecule has 0 saturated heterocycles. The minimum atomic E-state index is -0.778. The van der Waals surface area contributed by atoms with Crippen LogP contribution in [-0.2, 0) is 4.79 Å². The van der Waals surface area contributed by atoms with Crippen LogP contribution in [0, 0.1) is 0 Å². The number of Topliss-reactive ketones (excluding diaryl/α,β-unsaturated/α-hetero) is 1. The standard InChI is InChI=1S/C23H28N2O6/c1-5-29-16-10-9-15(14-18(16)30-6-2)20-19(21(26)17-8-7-13-31-17)22(27)23(28)25(20)12-11-24(3)4/h7-10,13-14,20,27H,5-6,11-12H2,1-4H3/t20-/m0/s1. The molecule has 166 valence electrons. The third-order valence-electron chi connectivity index (χ3n) is 4.96. The summed E-state index contributed by atoms with van der Waals surface area (Å²) in [4.78, 5) is 29.5. The summed E-state index contributed by atoms with van der Waals surface area (Å²) in [5.74, 6) is -0.530. The van der Waals surface area contributed by atoms with Gasteiger partial charge in [-0.15, -0.1) is 0 Å². The van der Waals surface area contributed by atoms with E-state index >= 15 is 0 Å². The number of hydrogen-bond acceptors (Lipinski definition) is 7. The monoisotopic (exact) mass is 428 g/mol. The predicted molar refractivity (Wildman–Crippen MR) is 114 cm³/mol. The summed E-state index contributed by atoms with van der Waals surface area (Å²) in [6.07, 6.45) is 1.38. The number of aliphatic hydroxyl groups excluding tert-OH is 1. The molecule has 8 nitrogen and oxygen atoms in total. The number of carbonyl (C=O) groups excluding carboxylic acids is 2. The highest BCUT2D eigenvalue weighted by Crippen LogP contribution is 2.41. The van der Waals surface area contributed by atoms with Gasteiger partial charge in [0.05, 0.1) is 31.1 Å². The number of furan rings is 1. The molecule has 0 fully saturated rings. The van der Waals surface area contributed by atoms with Gasteiger partial charge < -0.3 is 28.8 Å². The highest BCUT2D eigenvalue weighted by atomic mass is 16.5. The van der Waals surface area contributed by atoms with Gasteiger partial charge in [-0.2, -0.15) is 0 Å². The second-order valence-corrected chi connectivity index (χ2v) is 7.35. The van der Waals surface area contributed by atoms with Gasteiger partial charge in [-0.05, 0) is 57.8 Å². The van der Waals surface area contributed by atoms with Crippen molar-refractivity contribution in [3.63, 3.8) is 0 Å². The number of ether oxygens (including phenoxy) is 2. The lowest BCUT2D eigenvalue weighted by atomic mass is 9.94. The Morgan fingerprint density at radius 1 is 1.16 bits per heavy atom. The van der Waals surface area contributed by atoms with Gasteiger partial charge in [-0.3, -0.25) is 9.59 Å². The molecule has 0 unspecified atom stereocenters. The van der Waals surface area contributed by atoms with Crippen molar-refractivity contribution in [1.29, 1.82) is 0 Å². The van der Waals surface area contributed by atoms with Gasteiger partial charge in [-0.25, -0.2) is 0 Å². The third-order valence-corrected chi connectivity index (χ3v) is 4.96. The Labute approximate surface area is 181 Å². The lowest BCUT2D eigenvalue weighted by molar-refractivity contribution is -0.129. The maximum Gasteiger partial charge on any atom is 0.290 e. The van der Waals surface area contributed by atoms with Crippen LogP contribution >= 0.6 is 0 Å². The predicted octanol–water partition coefficient (Wildman–Crippen LogP) is 3.22. The van der Waals surface area contributed by atoms with Crippen LogP contribution in [0.4, 0.5) is 0 Å². The molecule has 0 spiro atoms. The van der Waals surface area contributed by atoms with E-state index in [1.165, 1.54) is 17.2 Å². The molecular weight excluding hydrogens is 400 g/mol. The normalized spacial score (nSPS) is 16.4. The Hall–Kier alpha value is -3.26. The summed E-state index contributed by atoms with van der Waals surface area (Å²) >= 11 is 0. The van der Waals surface area contributed by atoms with E-state index < -0.39 is 23.5 Å². The molecule has 31 heavy (non-hydrogen) atoms. The van der Waals surface area contributed by atoms with E-state index in [2.05, 4.69) is 0 Å². The average Bonchev–Trinajstić information content (AvgIpc) is 3.36. The Kier molecular flexibility index (Phi) is 7.02. The second kappa shape index (κ2) is 9.70. The van der Waals surface area contributed by atoms with Crippen LogP contribution in [0.3, 0.4) is 0 Å². The van der Waals surface area contributed by atoms with Crippen molar-refractivity contribution in [2.75, 3.05) is 40.4 Å². The summed E-state index contributed by atoms with van der Waals surface area (Å²) in [7, 11) is 3.78. The fourth-order valence-electron chi connectivity index (χ4n) is 3.55. The molecule has 1 atom stereocenters. The minimum Gasteiger partial charge on any atom is -0.503 e. The van der Waals surface area contributed by atoms with E-state index in [1.54, 1.807) is 24.3 Å². The number of aliphatic hydroxyl groups is 1. The Balaban J connectivity index is 2.09. The first-order valence-electron chi connectivity index (χ1n) is 10.3. The van der Waals surface area contributed by atoms with Gasteiger partial charge in [0.15, 0.2) is 23.0 Å². The molecule has 1 amide bonds. The number of nitrogens with zero attached hydrogens (tertiary/aromatic N) is 2. The zero-order valence-electron chi connectivity index (χ0n) is 18.3. The fourth-order valence-corrected chi connectivity index (χ4v) is 3.55. The SMILES string of the molecule is CCOc1ccc([C@H]2C(C(=O)c3ccco3)=C(O)C(=O)N2CCN(C)C)cc1OCC. The van der Waals surface area contributed by atoms with E-state index in [-0.39, 0.29) is 11.3 Å². The summed E-state index contributed by atoms with van der Waals surface area (Å²) in [5.41, 5.74) is 0.628. The van der Waals surface area contributed by atoms with Crippen LogP contribution in [0.1, 0.15) is 36.0 Å². The van der Waals surface area contributed by atoms with Gasteiger partial charge in [0.1, 0.15) is 0 Å². The Bertz CT molecular complexity index is 964. The van der Waals surface area contributed by atoms with Crippen molar-refractivity contribution in [3.8, 4) is 11.5 Å². The zero-order valence-corrected chi connectivity index (χ0v) is 18.3. The number of likely N-dealkylation sites (N-methyl/N-ethyl adjacent to an activating group) is 1. The molecule has 3 rings (SSSR count). The molecule has 0 bridgehead atoms. The molecular formula is C23H28N2O6. The molecule has 1 aromatic carbocycles. The van der Waals surface area contributed by atoms with Crippen molar-refractivity contribution >= 4 is 11.7 Å². The second-order valence-electron chi connectivity index (χ2n) is 7.35. The van der Waals surface area contributed by atoms with Gasteiger partial charge in [0, 0.05) is 13.1 Å². The molecule has 1 N–H and O–H groups in total. The minimum absolute atomic E-state index is 0.00897. The number of rotatable bonds is 10. The first-order valence-corrected chi connectivity index (χ1v) is 10.3. The zero-order chi connectivity index (χ0) is 22.5. The summed E-state index contributed by atoms with van der Waals surface area (Å²) in [6.45, 7) is 5.53. The van der Waals surface area contributed by atoms with Crippen LogP contribution < -0.4 is 9.47 Å². The van der Waals surface area contributed by atoms with Crippen LogP contribution in [0.25, 0.3) is 0 Å². The van der Waals surface area contributed by atoms with E-state index in [0.717, 1.165) is 0 Å². The summed E-state index contributed by atoms with van der Waals surface area (Å²) in [6, 6.07) is 7.61. The van der Waals surface area contributed by atoms with Crippen molar-refractivity contribution in [2.45, 2.75) is 19.9 Å². The number of amides is 1. The van der Waals surface area contributed by atoms with Crippen molar-refractivity contribution in [2.24, 2.45) is 0 Å². The number of hydrogen-bond donors (Lipinski definition) is 1. The van der Waals surface area contributed by atoms with Crippen LogP contribution in [-0.4, -0.2) is 67.0 Å². The molecule has 2 heterocycles. The summed E-state index contributed by atoms with van der Waals surface area (Å²) in [5, 5.41) is 10.7. The number of ketones is 1. The van der Waals surface area contributed by atoms with Crippen molar-refractivity contribution < 1.29 is 28.6 Å². The van der Waals surface area contributed by atoms with E-state index in [1.807, 2.05) is 32.8 Å². The lowest BCUT2D eigenvalue weighted by Gasteiger charge is -2.28. The van der Waals surface area contributed by atoms with E-state index in [0.29, 0.717) is 43.4 Å². The maximum absolute atomic E-state index is 13.2. The smallest absolute Gasteiger partial charge is 0.290 e. The summed E-state index contributed by atoms with van der Waals surface area (Å²) < 4.78 is 16.6. The average molecular weight is 428 g/mol. The molecule has 8 heteroatoms. The molecule has 2 aromatic rings. The fraction of sp³-hybridized carbons (Fsp3) is 0.391. The highest BCUT2D eigenvalue weighted by molar-refractivity contribution is 6.15. The van der Waals surface area contributed by atoms with Crippen LogP contribution in [0.2, 0.25) is 0 Å². The van der Waals surface area contributed by atoms with Gasteiger partial charge in [0.2, 0.25) is 5.78 Å². The van der Waals surface area contributed by atoms with Gasteiger partial charge in [-0.1, -0.05) is 6.07 Å². The topological polar surface area (TPSA) is 92.5 Å². The van der Waals surface area contributed by atoms with Crippen molar-refractivity contribution in [3.05, 3.63) is 59.3 Å². The Morgan fingerprint density at radius 3 is 2.48 bits per heavy atom. The van der Waals surface area contributed by atoms with Crippen LogP contribution in [0.5, 0.6) is 11.5 Å². The van der Waals surface area contributed by atoms with E-state index in [4.69, 9.17) is 13.9 Å². The molecule has 1 aliphatic heterocycles. The first-order chi connectivity index (χ1) is 14.9. The highest BCUT2D eigenvalue weighted by Gasteiger charge is 2.44. The molecule has 1 aromatic heterocycles. The quantitative estimate of drug-likeness (QED) is 0.581. The van der Waals surface area contributed by atoms with E-state index in [9.17, 15) is 14.7 Å². The maximum atomic E-state index is 13.2. The largest absolute Gasteiger partial charge is 0.503 e. The molecule has 0 aliphatic carbocycles. The molecule has 1 aliphatic rings. The Morgan fingerprint density at radius 2 is 1.87 bits per heavy atom. The van der Waals surface area contributed by atoms with Gasteiger partial charge >= 0.3 is 0 Å². The van der Waals surface area contributed by atoms with Crippen LogP contribution in [0.15, 0.2) is 52.3 Å². The first kappa shape index (κ1) is 22.4. The third kappa shape index (κ3) is 4.59. The van der Waals surface area contributed by atoms with Crippen molar-refractivity contribution in [1.82, 2.24) is 9.80 Å².